The molecule has 1 aromatic carbocycles. The molecule has 0 aliphatic heterocycles. The predicted octanol–water partition coefficient (Wildman–Crippen LogP) is 5.12. The minimum Gasteiger partial charge on any atom is -0.460 e. The zero-order valence-corrected chi connectivity index (χ0v) is 12.3. The molecule has 0 radical (unpaired) electrons. The first-order chi connectivity index (χ1) is 9.77. The molecule has 1 N–H and O–H groups in total. The second kappa shape index (κ2) is 6.12. The van der Waals surface area contributed by atoms with E-state index in [1.54, 1.807) is 6.07 Å². The molecule has 1 heterocycles. The van der Waals surface area contributed by atoms with Gasteiger partial charge in [0, 0.05) is 16.6 Å². The molecule has 0 unspecified atom stereocenters. The van der Waals surface area contributed by atoms with Gasteiger partial charge in [0.1, 0.15) is 11.5 Å². The van der Waals surface area contributed by atoms with Gasteiger partial charge in [0.25, 0.3) is 0 Å². The molecule has 0 bridgehead atoms. The van der Waals surface area contributed by atoms with Crippen molar-refractivity contribution in [2.45, 2.75) is 32.6 Å². The van der Waals surface area contributed by atoms with Crippen LogP contribution in [0.5, 0.6) is 0 Å². The monoisotopic (exact) mass is 317 g/mol. The van der Waals surface area contributed by atoms with Crippen molar-refractivity contribution in [3.8, 4) is 11.3 Å². The summed E-state index contributed by atoms with van der Waals surface area (Å²) in [7, 11) is 0. The van der Waals surface area contributed by atoms with Crippen LogP contribution in [0.4, 0.5) is 13.2 Å². The summed E-state index contributed by atoms with van der Waals surface area (Å²) >= 11 is 5.66. The van der Waals surface area contributed by atoms with Crippen LogP contribution in [-0.4, -0.2) is 6.04 Å². The summed E-state index contributed by atoms with van der Waals surface area (Å²) in [5, 5.41) is 3.18. The Bertz CT molecular complexity index is 620. The topological polar surface area (TPSA) is 25.2 Å². The first-order valence-corrected chi connectivity index (χ1v) is 6.84. The van der Waals surface area contributed by atoms with E-state index in [0.29, 0.717) is 12.3 Å². The van der Waals surface area contributed by atoms with E-state index in [-0.39, 0.29) is 22.4 Å². The van der Waals surface area contributed by atoms with Crippen molar-refractivity contribution in [2.75, 3.05) is 0 Å². The van der Waals surface area contributed by atoms with Crippen molar-refractivity contribution in [2.24, 2.45) is 0 Å². The van der Waals surface area contributed by atoms with Crippen molar-refractivity contribution in [1.82, 2.24) is 5.32 Å². The third-order valence-corrected chi connectivity index (χ3v) is 3.13. The summed E-state index contributed by atoms with van der Waals surface area (Å²) in [6.45, 7) is 4.42. The van der Waals surface area contributed by atoms with Crippen LogP contribution in [0.2, 0.25) is 5.02 Å². The van der Waals surface area contributed by atoms with Gasteiger partial charge in [-0.1, -0.05) is 25.4 Å². The summed E-state index contributed by atoms with van der Waals surface area (Å²) < 4.78 is 44.7. The quantitative estimate of drug-likeness (QED) is 0.847. The maximum atomic E-state index is 13.1. The summed E-state index contributed by atoms with van der Waals surface area (Å²) in [5.74, 6) is 0.765. The van der Waals surface area contributed by atoms with Crippen LogP contribution in [0.25, 0.3) is 11.3 Å². The molecule has 2 nitrogen and oxygen atoms in total. The van der Waals surface area contributed by atoms with E-state index in [9.17, 15) is 13.2 Å². The van der Waals surface area contributed by atoms with Crippen molar-refractivity contribution in [3.05, 3.63) is 46.7 Å². The third-order valence-electron chi connectivity index (χ3n) is 2.90. The smallest absolute Gasteiger partial charge is 0.417 e. The Hall–Kier alpha value is -1.46. The molecule has 0 aliphatic carbocycles. The van der Waals surface area contributed by atoms with E-state index in [0.717, 1.165) is 6.07 Å². The minimum absolute atomic E-state index is 0.0114. The Labute approximate surface area is 125 Å². The van der Waals surface area contributed by atoms with Crippen molar-refractivity contribution >= 4 is 11.6 Å². The van der Waals surface area contributed by atoms with E-state index in [4.69, 9.17) is 16.0 Å². The zero-order chi connectivity index (χ0) is 15.6. The molecule has 0 aliphatic rings. The fourth-order valence-electron chi connectivity index (χ4n) is 1.89. The number of nitrogens with one attached hydrogen (secondary N) is 1. The van der Waals surface area contributed by atoms with Crippen LogP contribution in [0.15, 0.2) is 34.7 Å². The molecule has 21 heavy (non-hydrogen) atoms. The lowest BCUT2D eigenvalue weighted by molar-refractivity contribution is -0.137. The molecule has 114 valence electrons. The van der Waals surface area contributed by atoms with Gasteiger partial charge in [-0.05, 0) is 30.3 Å². The molecule has 1 aromatic heterocycles. The van der Waals surface area contributed by atoms with Gasteiger partial charge in [-0.3, -0.25) is 0 Å². The third kappa shape index (κ3) is 4.02. The maximum Gasteiger partial charge on any atom is 0.417 e. The highest BCUT2D eigenvalue weighted by Gasteiger charge is 2.34. The molecule has 2 aromatic rings. The second-order valence-corrected chi connectivity index (χ2v) is 5.43. The minimum atomic E-state index is -4.48. The SMILES string of the molecule is CC(C)NCc1ccc(-c2ccc(Cl)cc2C(F)(F)F)o1. The molecule has 0 amide bonds. The van der Waals surface area contributed by atoms with E-state index in [1.165, 1.54) is 18.2 Å². The average Bonchev–Trinajstić information content (AvgIpc) is 2.84. The Morgan fingerprint density at radius 1 is 1.19 bits per heavy atom. The molecule has 6 heteroatoms. The van der Waals surface area contributed by atoms with E-state index in [2.05, 4.69) is 5.32 Å². The molecule has 0 atom stereocenters. The second-order valence-electron chi connectivity index (χ2n) is 4.99. The zero-order valence-electron chi connectivity index (χ0n) is 11.6. The molecular formula is C15H15ClF3NO. The number of hydrogen-bond donors (Lipinski definition) is 1. The number of alkyl halides is 3. The lowest BCUT2D eigenvalue weighted by atomic mass is 10.1. The number of halogens is 4. The molecular weight excluding hydrogens is 303 g/mol. The molecule has 0 spiro atoms. The van der Waals surface area contributed by atoms with Crippen molar-refractivity contribution in [1.29, 1.82) is 0 Å². The highest BCUT2D eigenvalue weighted by molar-refractivity contribution is 6.30. The lowest BCUT2D eigenvalue weighted by Gasteiger charge is -2.11. The summed E-state index contributed by atoms with van der Waals surface area (Å²) in [6, 6.07) is 7.12. The van der Waals surface area contributed by atoms with E-state index < -0.39 is 11.7 Å². The van der Waals surface area contributed by atoms with E-state index in [1.807, 2.05) is 13.8 Å². The summed E-state index contributed by atoms with van der Waals surface area (Å²) in [4.78, 5) is 0. The van der Waals surface area contributed by atoms with Crippen LogP contribution in [0, 0.1) is 0 Å². The molecule has 2 rings (SSSR count). The van der Waals surface area contributed by atoms with Gasteiger partial charge in [-0.2, -0.15) is 13.2 Å². The van der Waals surface area contributed by atoms with Gasteiger partial charge in [-0.25, -0.2) is 0 Å². The number of furan rings is 1. The lowest BCUT2D eigenvalue weighted by Crippen LogP contribution is -2.21. The predicted molar refractivity (Wildman–Crippen MR) is 76.1 cm³/mol. The fourth-order valence-corrected chi connectivity index (χ4v) is 2.06. The highest BCUT2D eigenvalue weighted by atomic mass is 35.5. The van der Waals surface area contributed by atoms with Gasteiger partial charge in [0.05, 0.1) is 12.1 Å². The first-order valence-electron chi connectivity index (χ1n) is 6.46. The van der Waals surface area contributed by atoms with E-state index >= 15 is 0 Å². The van der Waals surface area contributed by atoms with Crippen LogP contribution in [0.3, 0.4) is 0 Å². The number of hydrogen-bond acceptors (Lipinski definition) is 2. The molecule has 0 fully saturated rings. The summed E-state index contributed by atoms with van der Waals surface area (Å²) in [6.07, 6.45) is -4.48. The fraction of sp³-hybridized carbons (Fsp3) is 0.333. The summed E-state index contributed by atoms with van der Waals surface area (Å²) in [5.41, 5.74) is -0.810. The maximum absolute atomic E-state index is 13.1. The average molecular weight is 318 g/mol. The Kier molecular flexibility index (Phi) is 4.64. The Morgan fingerprint density at radius 2 is 1.90 bits per heavy atom. The van der Waals surface area contributed by atoms with Crippen LogP contribution in [-0.2, 0) is 12.7 Å². The normalized spacial score (nSPS) is 12.1. The highest BCUT2D eigenvalue weighted by Crippen LogP contribution is 2.39. The van der Waals surface area contributed by atoms with Gasteiger partial charge in [0.2, 0.25) is 0 Å². The van der Waals surface area contributed by atoms with Crippen molar-refractivity contribution in [3.63, 3.8) is 0 Å². The molecule has 0 saturated carbocycles. The Morgan fingerprint density at radius 3 is 2.52 bits per heavy atom. The van der Waals surface area contributed by atoms with Crippen molar-refractivity contribution < 1.29 is 17.6 Å². The Balaban J connectivity index is 2.34. The van der Waals surface area contributed by atoms with Gasteiger partial charge >= 0.3 is 6.18 Å². The van der Waals surface area contributed by atoms with Gasteiger partial charge < -0.3 is 9.73 Å². The van der Waals surface area contributed by atoms with Gasteiger partial charge in [-0.15, -0.1) is 0 Å². The largest absolute Gasteiger partial charge is 0.460 e. The molecule has 0 saturated heterocycles. The van der Waals surface area contributed by atoms with Crippen LogP contribution in [0.1, 0.15) is 25.2 Å². The standard InChI is InChI=1S/C15H15ClF3NO/c1-9(2)20-8-11-4-6-14(21-11)12-5-3-10(16)7-13(12)15(17,18)19/h3-7,9,20H,8H2,1-2H3. The number of rotatable bonds is 4. The number of benzene rings is 1. The van der Waals surface area contributed by atoms with Gasteiger partial charge in [0.15, 0.2) is 0 Å². The van der Waals surface area contributed by atoms with Crippen LogP contribution >= 0.6 is 11.6 Å². The van der Waals surface area contributed by atoms with Crippen LogP contribution < -0.4 is 5.32 Å². The first kappa shape index (κ1) is 15.9.